The number of hydrogen-bond acceptors (Lipinski definition) is 15. The van der Waals surface area contributed by atoms with Crippen LogP contribution in [0.15, 0.2) is 54.6 Å². The smallest absolute Gasteiger partial charge is 0.328 e. The summed E-state index contributed by atoms with van der Waals surface area (Å²) in [6.45, 7) is 1.32. The molecule has 26 heteroatoms. The zero-order valence-corrected chi connectivity index (χ0v) is 45.3. The number of carbonyl (C=O) groups excluding carboxylic acids is 5. The minimum atomic E-state index is -1.43. The van der Waals surface area contributed by atoms with Crippen LogP contribution in [0.25, 0.3) is 0 Å². The first-order valence-electron chi connectivity index (χ1n) is 26.5. The molecule has 25 nitrogen and oxygen atoms in total. The molecule has 0 spiro atoms. The van der Waals surface area contributed by atoms with E-state index in [9.17, 15) is 68.4 Å². The summed E-state index contributed by atoms with van der Waals surface area (Å²) in [4.78, 5) is 124. The molecule has 2 aromatic rings. The zero-order chi connectivity index (χ0) is 58.0. The standard InChI is InChI=1S/C53H77N9O16S/c63-35-40(56-52(77)58-42(50(74)75)22-23-46(66)67)14-8-10-24-54-44(64)16-6-1-2-7-17-45(65)55-25-11-9-15-43(51(76)78-36-38-12-4-3-5-13-38)59-53(79)57-39-20-18-37(19-21-39)30-41-31-61(33-48(70)71)27-26-60(32-47(68)69)28-29-62(41)34-49(72)73/h3-5,12-13,18-21,35,40-43H,1-2,6-11,14-17,22-34,36H2,(H,54,64)(H,55,65)(H,66,67)(H,68,69)(H,70,71)(H,72,73)(H,74,75)(H2,56,58,77)(H2,57,59,79). The van der Waals surface area contributed by atoms with Crippen molar-refractivity contribution in [3.8, 4) is 0 Å². The van der Waals surface area contributed by atoms with Crippen molar-refractivity contribution in [3.63, 3.8) is 0 Å². The second-order valence-electron chi connectivity index (χ2n) is 19.3. The Balaban J connectivity index is 1.40. The molecule has 79 heavy (non-hydrogen) atoms. The molecule has 1 heterocycles. The van der Waals surface area contributed by atoms with E-state index in [0.717, 1.165) is 24.0 Å². The van der Waals surface area contributed by atoms with Gasteiger partial charge in [0.2, 0.25) is 11.8 Å². The number of esters is 1. The van der Waals surface area contributed by atoms with Gasteiger partial charge in [-0.25, -0.2) is 14.4 Å². The summed E-state index contributed by atoms with van der Waals surface area (Å²) in [5, 5.41) is 63.4. The molecule has 0 bridgehead atoms. The summed E-state index contributed by atoms with van der Waals surface area (Å²) < 4.78 is 5.66. The maximum absolute atomic E-state index is 13.4. The number of aldehydes is 1. The number of benzene rings is 2. The Morgan fingerprint density at radius 3 is 1.76 bits per heavy atom. The van der Waals surface area contributed by atoms with Crippen LogP contribution in [0.2, 0.25) is 0 Å². The van der Waals surface area contributed by atoms with Crippen LogP contribution in [0.3, 0.4) is 0 Å². The Hall–Kier alpha value is -7.29. The Kier molecular flexibility index (Phi) is 31.3. The molecule has 1 aliphatic rings. The molecule has 0 aliphatic carbocycles. The van der Waals surface area contributed by atoms with Crippen LogP contribution in [-0.2, 0) is 60.9 Å². The number of rotatable bonds is 37. The number of aliphatic carboxylic acids is 5. The molecule has 0 aromatic heterocycles. The fraction of sp³-hybridized carbons (Fsp3) is 0.566. The average molecular weight is 1130 g/mol. The monoisotopic (exact) mass is 1130 g/mol. The number of carboxylic acid groups (broad SMARTS) is 5. The summed E-state index contributed by atoms with van der Waals surface area (Å²) in [5.41, 5.74) is 2.24. The lowest BCUT2D eigenvalue weighted by atomic mass is 10.0. The van der Waals surface area contributed by atoms with Gasteiger partial charge < -0.3 is 67.0 Å². The van der Waals surface area contributed by atoms with Crippen molar-refractivity contribution in [2.24, 2.45) is 0 Å². The second kappa shape index (κ2) is 37.5. The lowest BCUT2D eigenvalue weighted by Crippen LogP contribution is -2.49. The molecule has 3 rings (SSSR count). The fourth-order valence-corrected chi connectivity index (χ4v) is 8.86. The lowest BCUT2D eigenvalue weighted by Gasteiger charge is -2.33. The van der Waals surface area contributed by atoms with Gasteiger partial charge in [-0.1, -0.05) is 55.3 Å². The average Bonchev–Trinajstić information content (AvgIpc) is 3.46. The largest absolute Gasteiger partial charge is 0.481 e. The molecular formula is C53H77N9O16S. The van der Waals surface area contributed by atoms with Gasteiger partial charge in [-0.15, -0.1) is 0 Å². The Labute approximate surface area is 464 Å². The Morgan fingerprint density at radius 2 is 1.18 bits per heavy atom. The first-order valence-corrected chi connectivity index (χ1v) is 26.9. The van der Waals surface area contributed by atoms with Gasteiger partial charge in [0.05, 0.1) is 25.7 Å². The molecular weight excluding hydrogens is 1050 g/mol. The lowest BCUT2D eigenvalue weighted by molar-refractivity contribution is -0.147. The maximum Gasteiger partial charge on any atom is 0.328 e. The zero-order valence-electron chi connectivity index (χ0n) is 44.4. The third-order valence-electron chi connectivity index (χ3n) is 12.8. The van der Waals surface area contributed by atoms with Crippen molar-refractivity contribution in [1.82, 2.24) is 41.3 Å². The van der Waals surface area contributed by atoms with E-state index >= 15 is 0 Å². The number of unbranched alkanes of at least 4 members (excludes halogenated alkanes) is 5. The predicted molar refractivity (Wildman–Crippen MR) is 292 cm³/mol. The third-order valence-corrected chi connectivity index (χ3v) is 13.0. The number of carboxylic acids is 5. The Morgan fingerprint density at radius 1 is 0.595 bits per heavy atom. The summed E-state index contributed by atoms with van der Waals surface area (Å²) in [7, 11) is 0. The number of ether oxygens (including phenoxy) is 1. The molecule has 2 aromatic carbocycles. The summed E-state index contributed by atoms with van der Waals surface area (Å²) in [6, 6.07) is 12.0. The van der Waals surface area contributed by atoms with Gasteiger partial charge in [-0.2, -0.15) is 0 Å². The van der Waals surface area contributed by atoms with Crippen molar-refractivity contribution in [2.45, 2.75) is 127 Å². The third kappa shape index (κ3) is 29.9. The molecule has 11 N–H and O–H groups in total. The minimum Gasteiger partial charge on any atom is -0.481 e. The first kappa shape index (κ1) is 66.0. The normalized spacial score (nSPS) is 15.3. The van der Waals surface area contributed by atoms with Crippen molar-refractivity contribution < 1.29 is 78.2 Å². The van der Waals surface area contributed by atoms with Gasteiger partial charge in [-0.05, 0) is 99.7 Å². The molecule has 4 unspecified atom stereocenters. The predicted octanol–water partition coefficient (Wildman–Crippen LogP) is 2.27. The fourth-order valence-electron chi connectivity index (χ4n) is 8.60. The van der Waals surface area contributed by atoms with Crippen LogP contribution >= 0.6 is 12.2 Å². The second-order valence-corrected chi connectivity index (χ2v) is 19.7. The quantitative estimate of drug-likeness (QED) is 0.0200. The highest BCUT2D eigenvalue weighted by molar-refractivity contribution is 7.80. The highest BCUT2D eigenvalue weighted by Crippen LogP contribution is 2.17. The van der Waals surface area contributed by atoms with Crippen LogP contribution in [0, 0.1) is 0 Å². The van der Waals surface area contributed by atoms with Crippen LogP contribution in [0.5, 0.6) is 0 Å². The van der Waals surface area contributed by atoms with E-state index in [0.29, 0.717) is 95.8 Å². The highest BCUT2D eigenvalue weighted by Gasteiger charge is 2.29. The molecule has 4 amide bonds. The molecule has 0 radical (unpaired) electrons. The van der Waals surface area contributed by atoms with Gasteiger partial charge in [0.25, 0.3) is 0 Å². The van der Waals surface area contributed by atoms with Crippen LogP contribution in [0.1, 0.15) is 101 Å². The number of amides is 4. The Bertz CT molecular complexity index is 2300. The molecule has 1 saturated heterocycles. The summed E-state index contributed by atoms with van der Waals surface area (Å²) in [5.74, 6) is -6.53. The van der Waals surface area contributed by atoms with E-state index < -0.39 is 72.4 Å². The van der Waals surface area contributed by atoms with E-state index in [1.165, 1.54) is 0 Å². The van der Waals surface area contributed by atoms with Gasteiger partial charge in [0.1, 0.15) is 25.0 Å². The number of urea groups is 1. The van der Waals surface area contributed by atoms with Crippen LogP contribution < -0.4 is 31.9 Å². The topological polar surface area (TPSA) is 363 Å². The number of thiocarbonyl (C=S) groups is 1. The van der Waals surface area contributed by atoms with E-state index in [-0.39, 0.29) is 82.2 Å². The van der Waals surface area contributed by atoms with Gasteiger partial charge in [0, 0.05) is 76.8 Å². The molecule has 436 valence electrons. The number of hydrogen-bond donors (Lipinski definition) is 11. The number of nitrogens with zero attached hydrogens (tertiary/aromatic N) is 3. The van der Waals surface area contributed by atoms with Crippen LogP contribution in [0.4, 0.5) is 10.5 Å². The molecule has 1 fully saturated rings. The maximum atomic E-state index is 13.4. The van der Waals surface area contributed by atoms with Gasteiger partial charge in [0.15, 0.2) is 5.11 Å². The van der Waals surface area contributed by atoms with E-state index in [1.54, 1.807) is 26.8 Å². The van der Waals surface area contributed by atoms with E-state index in [4.69, 9.17) is 22.1 Å². The summed E-state index contributed by atoms with van der Waals surface area (Å²) >= 11 is 5.63. The van der Waals surface area contributed by atoms with E-state index in [2.05, 4.69) is 31.9 Å². The van der Waals surface area contributed by atoms with Crippen molar-refractivity contribution in [3.05, 3.63) is 65.7 Å². The molecule has 0 saturated carbocycles. The van der Waals surface area contributed by atoms with Gasteiger partial charge >= 0.3 is 41.8 Å². The van der Waals surface area contributed by atoms with Crippen molar-refractivity contribution in [2.75, 3.05) is 70.8 Å². The first-order chi connectivity index (χ1) is 37.8. The van der Waals surface area contributed by atoms with Crippen molar-refractivity contribution in [1.29, 1.82) is 0 Å². The highest BCUT2D eigenvalue weighted by atomic mass is 32.1. The van der Waals surface area contributed by atoms with Gasteiger partial charge in [-0.3, -0.25) is 43.5 Å². The number of carbonyl (C=O) groups is 10. The van der Waals surface area contributed by atoms with E-state index in [1.807, 2.05) is 42.5 Å². The summed E-state index contributed by atoms with van der Waals surface area (Å²) in [6.07, 6.45) is 6.22. The number of anilines is 1. The molecule has 1 aliphatic heterocycles. The van der Waals surface area contributed by atoms with Crippen molar-refractivity contribution >= 4 is 83.0 Å². The minimum absolute atomic E-state index is 0.0561. The SMILES string of the molecule is O=CC(CCCCNC(=O)CCCCCCC(=O)NCCCCC(NC(=S)Nc1ccc(CC2CN(CC(=O)O)CCN(CC(=O)O)CCN2CC(=O)O)cc1)C(=O)OCc1ccccc1)NC(=O)NC(CCC(=O)O)C(=O)O. The molecule has 4 atom stereocenters. The van der Waals surface area contributed by atoms with Crippen LogP contribution in [-0.4, -0.2) is 195 Å². The number of nitrogens with one attached hydrogen (secondary N) is 6.